The van der Waals surface area contributed by atoms with E-state index in [0.717, 1.165) is 21.8 Å². The van der Waals surface area contributed by atoms with Gasteiger partial charge in [-0.15, -0.1) is 0 Å². The number of imidazole rings is 2. The number of anilines is 1. The number of amides is 1. The molecule has 0 saturated carbocycles. The molecule has 4 aromatic rings. The maximum absolute atomic E-state index is 15.7. The first-order chi connectivity index (χ1) is 16.9. The molecule has 11 nitrogen and oxygen atoms in total. The Bertz CT molecular complexity index is 1450. The lowest BCUT2D eigenvalue weighted by atomic mass is 9.96. The van der Waals surface area contributed by atoms with Gasteiger partial charge in [-0.25, -0.2) is 19.2 Å². The third-order valence-electron chi connectivity index (χ3n) is 6.70. The molecule has 0 radical (unpaired) electrons. The second-order valence-electron chi connectivity index (χ2n) is 8.92. The number of carbonyl (C=O) groups is 1. The monoisotopic (exact) mass is 480 g/mol. The summed E-state index contributed by atoms with van der Waals surface area (Å²) in [5.41, 5.74) is 0.820. The maximum Gasteiger partial charge on any atom is 0.407 e. The minimum Gasteiger partial charge on any atom is -0.465 e. The van der Waals surface area contributed by atoms with Crippen molar-refractivity contribution in [1.29, 1.82) is 0 Å². The summed E-state index contributed by atoms with van der Waals surface area (Å²) in [6.07, 6.45) is -0.467. The van der Waals surface area contributed by atoms with Gasteiger partial charge in [-0.2, -0.15) is 9.97 Å². The lowest BCUT2D eigenvalue weighted by Crippen LogP contribution is -2.59. The fourth-order valence-corrected chi connectivity index (χ4v) is 4.90. The van der Waals surface area contributed by atoms with E-state index in [-0.39, 0.29) is 18.9 Å². The van der Waals surface area contributed by atoms with Crippen molar-refractivity contribution in [1.82, 2.24) is 34.0 Å². The van der Waals surface area contributed by atoms with E-state index in [1.165, 1.54) is 0 Å². The van der Waals surface area contributed by atoms with Crippen LogP contribution in [0.2, 0.25) is 0 Å². The molecule has 2 saturated heterocycles. The second kappa shape index (κ2) is 7.87. The highest BCUT2D eigenvalue weighted by Crippen LogP contribution is 2.38. The number of morpholine rings is 1. The number of likely N-dealkylation sites (tertiary alicyclic amines) is 1. The van der Waals surface area contributed by atoms with Gasteiger partial charge in [0, 0.05) is 26.6 Å². The number of aromatic nitrogens is 6. The predicted octanol–water partition coefficient (Wildman–Crippen LogP) is 2.26. The van der Waals surface area contributed by atoms with E-state index in [1.54, 1.807) is 11.6 Å². The molecule has 2 aliphatic heterocycles. The number of aryl methyl sites for hydroxylation is 2. The number of nitrogens with zero attached hydrogens (tertiary/aromatic N) is 8. The fraction of sp³-hybridized carbons (Fsp3) is 0.435. The summed E-state index contributed by atoms with van der Waals surface area (Å²) in [5.74, 6) is 2.01. The summed E-state index contributed by atoms with van der Waals surface area (Å²) in [5, 5.41) is 9.20. The number of alkyl halides is 1. The van der Waals surface area contributed by atoms with Crippen molar-refractivity contribution in [3.05, 3.63) is 35.9 Å². The van der Waals surface area contributed by atoms with Gasteiger partial charge in [0.05, 0.1) is 37.3 Å². The van der Waals surface area contributed by atoms with Crippen LogP contribution >= 0.6 is 0 Å². The molecule has 5 heterocycles. The highest BCUT2D eigenvalue weighted by atomic mass is 19.1. The Morgan fingerprint density at radius 2 is 1.89 bits per heavy atom. The third kappa shape index (κ3) is 3.31. The van der Waals surface area contributed by atoms with Gasteiger partial charge < -0.3 is 24.2 Å². The number of hydrogen-bond acceptors (Lipinski definition) is 7. The van der Waals surface area contributed by atoms with Gasteiger partial charge in [-0.1, -0.05) is 19.1 Å². The number of ether oxygens (including phenoxy) is 1. The van der Waals surface area contributed by atoms with E-state index in [0.29, 0.717) is 55.7 Å². The van der Waals surface area contributed by atoms with Gasteiger partial charge >= 0.3 is 6.09 Å². The molecule has 0 unspecified atom stereocenters. The Morgan fingerprint density at radius 3 is 2.60 bits per heavy atom. The summed E-state index contributed by atoms with van der Waals surface area (Å²) >= 11 is 0. The molecule has 1 N–H and O–H groups in total. The van der Waals surface area contributed by atoms with Crippen molar-refractivity contribution in [3.8, 4) is 5.95 Å². The zero-order chi connectivity index (χ0) is 24.3. The molecule has 0 bridgehead atoms. The first kappa shape index (κ1) is 21.7. The minimum absolute atomic E-state index is 0.150. The standard InChI is InChI=1S/C23H25FN8O3/c1-3-16-25-14-6-4-5-7-15(14)32(16)21-27-18-17(19(28-21)30-8-10-35-11-9-30)26-20(29(18)2)23(24)12-31(13-23)22(33)34/h4-7H,3,8-13H2,1-2H3,(H,33,34). The number of rotatable bonds is 4. The molecule has 1 aromatic carbocycles. The summed E-state index contributed by atoms with van der Waals surface area (Å²) in [4.78, 5) is 33.5. The van der Waals surface area contributed by atoms with Crippen LogP contribution in [-0.2, 0) is 23.9 Å². The quantitative estimate of drug-likeness (QED) is 0.473. The average Bonchev–Trinajstić information content (AvgIpc) is 3.40. The van der Waals surface area contributed by atoms with Crippen LogP contribution in [0.15, 0.2) is 24.3 Å². The van der Waals surface area contributed by atoms with E-state index < -0.39 is 11.8 Å². The van der Waals surface area contributed by atoms with Gasteiger partial charge in [0.25, 0.3) is 0 Å². The van der Waals surface area contributed by atoms with Crippen LogP contribution in [-0.4, -0.2) is 84.6 Å². The van der Waals surface area contributed by atoms with E-state index in [9.17, 15) is 9.90 Å². The van der Waals surface area contributed by atoms with E-state index in [1.807, 2.05) is 35.8 Å². The predicted molar refractivity (Wildman–Crippen MR) is 126 cm³/mol. The molecule has 6 rings (SSSR count). The Hall–Kier alpha value is -3.80. The normalized spacial score (nSPS) is 17.8. The van der Waals surface area contributed by atoms with Gasteiger partial charge in [-0.3, -0.25) is 4.57 Å². The summed E-state index contributed by atoms with van der Waals surface area (Å²) < 4.78 is 24.8. The van der Waals surface area contributed by atoms with Crippen LogP contribution in [0.1, 0.15) is 18.6 Å². The first-order valence-electron chi connectivity index (χ1n) is 11.6. The fourth-order valence-electron chi connectivity index (χ4n) is 4.90. The Morgan fingerprint density at radius 1 is 1.14 bits per heavy atom. The van der Waals surface area contributed by atoms with E-state index >= 15 is 4.39 Å². The van der Waals surface area contributed by atoms with Crippen LogP contribution in [0.5, 0.6) is 0 Å². The molecule has 1 amide bonds. The zero-order valence-electron chi connectivity index (χ0n) is 19.5. The highest BCUT2D eigenvalue weighted by molar-refractivity contribution is 5.86. The molecular formula is C23H25FN8O3. The molecule has 35 heavy (non-hydrogen) atoms. The second-order valence-corrected chi connectivity index (χ2v) is 8.92. The van der Waals surface area contributed by atoms with Crippen LogP contribution in [0.3, 0.4) is 0 Å². The largest absolute Gasteiger partial charge is 0.465 e. The van der Waals surface area contributed by atoms with Crippen molar-refractivity contribution < 1.29 is 19.0 Å². The molecule has 0 atom stereocenters. The summed E-state index contributed by atoms with van der Waals surface area (Å²) in [7, 11) is 1.71. The Kier molecular flexibility index (Phi) is 4.88. The van der Waals surface area contributed by atoms with E-state index in [4.69, 9.17) is 19.7 Å². The van der Waals surface area contributed by atoms with Crippen molar-refractivity contribution in [2.24, 2.45) is 7.05 Å². The minimum atomic E-state index is -1.88. The van der Waals surface area contributed by atoms with E-state index in [2.05, 4.69) is 9.88 Å². The Balaban J connectivity index is 1.57. The third-order valence-corrected chi connectivity index (χ3v) is 6.70. The molecule has 0 aliphatic carbocycles. The van der Waals surface area contributed by atoms with Crippen LogP contribution in [0, 0.1) is 0 Å². The van der Waals surface area contributed by atoms with Gasteiger partial charge in [0.15, 0.2) is 22.8 Å². The molecule has 2 aliphatic rings. The topological polar surface area (TPSA) is 114 Å². The van der Waals surface area contributed by atoms with Gasteiger partial charge in [0.2, 0.25) is 11.6 Å². The molecule has 3 aromatic heterocycles. The van der Waals surface area contributed by atoms with Crippen LogP contribution < -0.4 is 4.90 Å². The molecular weight excluding hydrogens is 455 g/mol. The highest BCUT2D eigenvalue weighted by Gasteiger charge is 2.51. The van der Waals surface area contributed by atoms with Gasteiger partial charge in [-0.05, 0) is 12.1 Å². The summed E-state index contributed by atoms with van der Waals surface area (Å²) in [6.45, 7) is 3.84. The lowest BCUT2D eigenvalue weighted by Gasteiger charge is -2.41. The number of carboxylic acid groups (broad SMARTS) is 1. The number of halogens is 1. The Labute approximate surface area is 199 Å². The maximum atomic E-state index is 15.7. The van der Waals surface area contributed by atoms with Crippen molar-refractivity contribution in [2.45, 2.75) is 19.0 Å². The van der Waals surface area contributed by atoms with Crippen molar-refractivity contribution in [2.75, 3.05) is 44.3 Å². The molecule has 182 valence electrons. The molecule has 12 heteroatoms. The van der Waals surface area contributed by atoms with Crippen LogP contribution in [0.4, 0.5) is 15.0 Å². The number of hydrogen-bond donors (Lipinski definition) is 1. The van der Waals surface area contributed by atoms with Crippen molar-refractivity contribution in [3.63, 3.8) is 0 Å². The average molecular weight is 481 g/mol. The summed E-state index contributed by atoms with van der Waals surface area (Å²) in [6, 6.07) is 7.81. The lowest BCUT2D eigenvalue weighted by molar-refractivity contribution is -0.0313. The zero-order valence-corrected chi connectivity index (χ0v) is 19.5. The smallest absolute Gasteiger partial charge is 0.407 e. The molecule has 2 fully saturated rings. The number of fused-ring (bicyclic) bond motifs is 2. The SMILES string of the molecule is CCc1nc2ccccc2n1-c1nc(N2CCOCC2)c2nc(C3(F)CN(C(=O)O)C3)n(C)c2n1. The number of benzene rings is 1. The van der Waals surface area contributed by atoms with Crippen LogP contribution in [0.25, 0.3) is 28.1 Å². The number of para-hydroxylation sites is 2. The molecule has 0 spiro atoms. The first-order valence-corrected chi connectivity index (χ1v) is 11.6. The van der Waals surface area contributed by atoms with Gasteiger partial charge in [0.1, 0.15) is 5.82 Å². The van der Waals surface area contributed by atoms with Crippen molar-refractivity contribution >= 4 is 34.1 Å².